The van der Waals surface area contributed by atoms with E-state index in [1.54, 1.807) is 24.5 Å². The third kappa shape index (κ3) is 3.95. The summed E-state index contributed by atoms with van der Waals surface area (Å²) >= 11 is 0. The van der Waals surface area contributed by atoms with Crippen LogP contribution in [-0.4, -0.2) is 48.1 Å². The van der Waals surface area contributed by atoms with Gasteiger partial charge in [0.1, 0.15) is 5.82 Å². The maximum Gasteiger partial charge on any atom is 0.181 e. The highest BCUT2D eigenvalue weighted by atomic mass is 19.1. The van der Waals surface area contributed by atoms with E-state index in [4.69, 9.17) is 0 Å². The molecular weight excluding hydrogens is 465 g/mol. The summed E-state index contributed by atoms with van der Waals surface area (Å²) < 4.78 is 14.6. The molecule has 1 fully saturated rings. The molecular formula is C29H24FN7. The van der Waals surface area contributed by atoms with Gasteiger partial charge in [0.15, 0.2) is 5.65 Å². The number of aromatic amines is 2. The maximum atomic E-state index is 14.6. The van der Waals surface area contributed by atoms with Crippen LogP contribution in [0.3, 0.4) is 0 Å². The van der Waals surface area contributed by atoms with Crippen LogP contribution in [0.4, 0.5) is 4.39 Å². The lowest BCUT2D eigenvalue weighted by Crippen LogP contribution is -2.18. The first-order valence-electron chi connectivity index (χ1n) is 12.5. The van der Waals surface area contributed by atoms with Gasteiger partial charge in [-0.25, -0.2) is 9.37 Å². The van der Waals surface area contributed by atoms with Gasteiger partial charge in [0.2, 0.25) is 0 Å². The van der Waals surface area contributed by atoms with Crippen LogP contribution in [0.5, 0.6) is 0 Å². The topological polar surface area (TPSA) is 86.4 Å². The number of nitrogens with one attached hydrogen (secondary N) is 2. The molecule has 7 rings (SSSR count). The molecule has 37 heavy (non-hydrogen) atoms. The number of likely N-dealkylation sites (tertiary alicyclic amines) is 1. The van der Waals surface area contributed by atoms with Crippen molar-refractivity contribution in [3.8, 4) is 33.6 Å². The van der Waals surface area contributed by atoms with Crippen molar-refractivity contribution in [1.82, 2.24) is 35.0 Å². The Labute approximate surface area is 212 Å². The van der Waals surface area contributed by atoms with Gasteiger partial charge in [-0.15, -0.1) is 0 Å². The minimum absolute atomic E-state index is 0.277. The second kappa shape index (κ2) is 8.90. The number of hydrogen-bond donors (Lipinski definition) is 2. The fourth-order valence-corrected chi connectivity index (χ4v) is 5.27. The summed E-state index contributed by atoms with van der Waals surface area (Å²) in [5.41, 5.74) is 7.58. The molecule has 8 heteroatoms. The molecule has 1 aliphatic heterocycles. The van der Waals surface area contributed by atoms with Gasteiger partial charge < -0.3 is 4.98 Å². The molecule has 1 saturated heterocycles. The Morgan fingerprint density at radius 2 is 1.68 bits per heavy atom. The summed E-state index contributed by atoms with van der Waals surface area (Å²) in [6.45, 7) is 3.21. The lowest BCUT2D eigenvalue weighted by atomic mass is 10.0. The molecule has 6 heterocycles. The molecule has 0 radical (unpaired) electrons. The minimum Gasteiger partial charge on any atom is -0.352 e. The van der Waals surface area contributed by atoms with E-state index in [0.29, 0.717) is 11.2 Å². The van der Waals surface area contributed by atoms with E-state index in [2.05, 4.69) is 47.2 Å². The number of halogens is 1. The minimum atomic E-state index is -0.277. The summed E-state index contributed by atoms with van der Waals surface area (Å²) in [7, 11) is 0. The zero-order valence-corrected chi connectivity index (χ0v) is 20.1. The van der Waals surface area contributed by atoms with Crippen LogP contribution < -0.4 is 0 Å². The predicted molar refractivity (Wildman–Crippen MR) is 142 cm³/mol. The van der Waals surface area contributed by atoms with Crippen LogP contribution >= 0.6 is 0 Å². The summed E-state index contributed by atoms with van der Waals surface area (Å²) in [5, 5.41) is 9.35. The van der Waals surface area contributed by atoms with E-state index in [0.717, 1.165) is 64.0 Å². The number of rotatable bonds is 5. The summed E-state index contributed by atoms with van der Waals surface area (Å²) in [6.07, 6.45) is 11.7. The highest BCUT2D eigenvalue weighted by molar-refractivity contribution is 6.00. The first kappa shape index (κ1) is 21.8. The highest BCUT2D eigenvalue weighted by Gasteiger charge is 2.17. The van der Waals surface area contributed by atoms with Crippen molar-refractivity contribution in [3.05, 3.63) is 84.8 Å². The van der Waals surface area contributed by atoms with E-state index < -0.39 is 0 Å². The quantitative estimate of drug-likeness (QED) is 0.312. The Morgan fingerprint density at radius 3 is 2.57 bits per heavy atom. The number of hydrogen-bond acceptors (Lipinski definition) is 5. The van der Waals surface area contributed by atoms with E-state index in [-0.39, 0.29) is 5.82 Å². The molecule has 0 unspecified atom stereocenters. The molecule has 0 atom stereocenters. The molecule has 1 aromatic carbocycles. The third-order valence-corrected chi connectivity index (χ3v) is 7.12. The zero-order valence-electron chi connectivity index (χ0n) is 20.1. The molecule has 2 N–H and O–H groups in total. The van der Waals surface area contributed by atoms with Gasteiger partial charge in [-0.05, 0) is 55.8 Å². The third-order valence-electron chi connectivity index (χ3n) is 7.12. The standard InChI is InChI=1S/C29H24FN7/c30-25-6-2-1-5-21(25)24-15-32-16-27-22(24)11-26(34-27)28-23-10-20(14-33-29(23)36-35-28)19-9-18(12-31-13-19)17-37-7-3-4-8-37/h1-2,5-6,9-16,34H,3-4,7-8,17H2,(H,33,35,36). The predicted octanol–water partition coefficient (Wildman–Crippen LogP) is 5.97. The van der Waals surface area contributed by atoms with Crippen molar-refractivity contribution in [2.45, 2.75) is 19.4 Å². The lowest BCUT2D eigenvalue weighted by molar-refractivity contribution is 0.331. The van der Waals surface area contributed by atoms with Crippen molar-refractivity contribution in [2.24, 2.45) is 0 Å². The first-order chi connectivity index (χ1) is 18.2. The Morgan fingerprint density at radius 1 is 0.838 bits per heavy atom. The first-order valence-corrected chi connectivity index (χ1v) is 12.5. The van der Waals surface area contributed by atoms with Gasteiger partial charge in [-0.3, -0.25) is 20.0 Å². The number of nitrogens with zero attached hydrogens (tertiary/aromatic N) is 5. The summed E-state index contributed by atoms with van der Waals surface area (Å²) in [6, 6.07) is 13.1. The van der Waals surface area contributed by atoms with Crippen molar-refractivity contribution in [3.63, 3.8) is 0 Å². The average Bonchev–Trinajstić information content (AvgIpc) is 3.68. The fourth-order valence-electron chi connectivity index (χ4n) is 5.27. The zero-order chi connectivity index (χ0) is 24.8. The highest BCUT2D eigenvalue weighted by Crippen LogP contribution is 2.35. The number of benzene rings is 1. The number of H-pyrrole nitrogens is 2. The van der Waals surface area contributed by atoms with Crippen LogP contribution in [0.25, 0.3) is 55.6 Å². The fraction of sp³-hybridized carbons (Fsp3) is 0.172. The van der Waals surface area contributed by atoms with Gasteiger partial charge >= 0.3 is 0 Å². The van der Waals surface area contributed by atoms with Crippen molar-refractivity contribution in [2.75, 3.05) is 13.1 Å². The SMILES string of the molecule is Fc1ccccc1-c1cncc2[nH]c(-c3[nH]nc4ncc(-c5cncc(CN6CCCC6)c5)cc34)cc12. The van der Waals surface area contributed by atoms with Crippen LogP contribution in [0.15, 0.2) is 73.4 Å². The van der Waals surface area contributed by atoms with Crippen molar-refractivity contribution in [1.29, 1.82) is 0 Å². The van der Waals surface area contributed by atoms with Gasteiger partial charge in [0.25, 0.3) is 0 Å². The van der Waals surface area contributed by atoms with E-state index in [1.165, 1.54) is 24.5 Å². The molecule has 5 aromatic heterocycles. The number of pyridine rings is 3. The van der Waals surface area contributed by atoms with Crippen molar-refractivity contribution >= 4 is 21.9 Å². The molecule has 0 bridgehead atoms. The molecule has 0 saturated carbocycles. The average molecular weight is 490 g/mol. The monoisotopic (exact) mass is 489 g/mol. The molecule has 0 spiro atoms. The van der Waals surface area contributed by atoms with E-state index in [1.807, 2.05) is 30.7 Å². The van der Waals surface area contributed by atoms with Gasteiger partial charge in [-0.1, -0.05) is 18.2 Å². The maximum absolute atomic E-state index is 14.6. The second-order valence-electron chi connectivity index (χ2n) is 9.57. The Kier molecular flexibility index (Phi) is 5.25. The van der Waals surface area contributed by atoms with E-state index in [9.17, 15) is 4.39 Å². The van der Waals surface area contributed by atoms with Crippen molar-refractivity contribution < 1.29 is 4.39 Å². The Hall–Kier alpha value is -4.43. The largest absolute Gasteiger partial charge is 0.352 e. The van der Waals surface area contributed by atoms with Gasteiger partial charge in [0, 0.05) is 64.4 Å². The second-order valence-corrected chi connectivity index (χ2v) is 9.57. The van der Waals surface area contributed by atoms with Gasteiger partial charge in [0.05, 0.1) is 23.1 Å². The summed E-state index contributed by atoms with van der Waals surface area (Å²) in [4.78, 5) is 19.4. The summed E-state index contributed by atoms with van der Waals surface area (Å²) in [5.74, 6) is -0.277. The number of aromatic nitrogens is 6. The van der Waals surface area contributed by atoms with Gasteiger partial charge in [-0.2, -0.15) is 5.10 Å². The van der Waals surface area contributed by atoms with Crippen LogP contribution in [0, 0.1) is 5.82 Å². The van der Waals surface area contributed by atoms with Crippen LogP contribution in [-0.2, 0) is 6.54 Å². The molecule has 1 aliphatic rings. The Bertz CT molecular complexity index is 1750. The molecule has 7 nitrogen and oxygen atoms in total. The van der Waals surface area contributed by atoms with E-state index >= 15 is 0 Å². The lowest BCUT2D eigenvalue weighted by Gasteiger charge is -2.14. The van der Waals surface area contributed by atoms with Crippen LogP contribution in [0.1, 0.15) is 18.4 Å². The molecule has 182 valence electrons. The molecule has 0 aliphatic carbocycles. The molecule has 6 aromatic rings. The number of fused-ring (bicyclic) bond motifs is 2. The smallest absolute Gasteiger partial charge is 0.181 e. The Balaban J connectivity index is 1.29. The van der Waals surface area contributed by atoms with Crippen LogP contribution in [0.2, 0.25) is 0 Å². The molecule has 0 amide bonds. The normalized spacial score (nSPS) is 14.2.